The van der Waals surface area contributed by atoms with Crippen LogP contribution in [0.25, 0.3) is 6.08 Å². The van der Waals surface area contributed by atoms with Gasteiger partial charge in [0.15, 0.2) is 0 Å². The fraction of sp³-hybridized carbons (Fsp3) is 0.606. The number of benzene rings is 1. The van der Waals surface area contributed by atoms with Gasteiger partial charge in [0.2, 0.25) is 5.91 Å². The molecule has 2 fully saturated rings. The van der Waals surface area contributed by atoms with Crippen molar-refractivity contribution in [3.8, 4) is 0 Å². The highest BCUT2D eigenvalue weighted by Gasteiger charge is 2.37. The number of carboxylic acid groups (broad SMARTS) is 1. The third-order valence-electron chi connectivity index (χ3n) is 9.14. The normalized spacial score (nSPS) is 31.3. The Morgan fingerprint density at radius 3 is 2.55 bits per heavy atom. The molecule has 0 spiro atoms. The predicted molar refractivity (Wildman–Crippen MR) is 163 cm³/mol. The number of ether oxygens (including phenoxy) is 1. The highest BCUT2D eigenvalue weighted by atomic mass is 16.5. The number of aliphatic hydroxyl groups excluding tert-OH is 1. The number of carbonyl (C=O) groups excluding carboxylic acids is 2. The van der Waals surface area contributed by atoms with E-state index in [-0.39, 0.29) is 36.1 Å². The fourth-order valence-electron chi connectivity index (χ4n) is 6.62. The minimum absolute atomic E-state index is 0.0591. The second-order valence-electron chi connectivity index (χ2n) is 12.5. The van der Waals surface area contributed by atoms with Crippen molar-refractivity contribution in [2.75, 3.05) is 38.1 Å². The summed E-state index contributed by atoms with van der Waals surface area (Å²) < 4.78 is 6.00. The fourth-order valence-corrected chi connectivity index (χ4v) is 6.62. The Morgan fingerprint density at radius 2 is 1.86 bits per heavy atom. The Bertz CT molecular complexity index is 1210. The van der Waals surface area contributed by atoms with E-state index in [0.29, 0.717) is 45.4 Å². The first-order chi connectivity index (χ1) is 19.9. The zero-order valence-electron chi connectivity index (χ0n) is 25.7. The van der Waals surface area contributed by atoms with E-state index < -0.39 is 24.3 Å². The van der Waals surface area contributed by atoms with Crippen molar-refractivity contribution in [1.29, 1.82) is 0 Å². The van der Waals surface area contributed by atoms with Gasteiger partial charge in [0.05, 0.1) is 18.6 Å². The van der Waals surface area contributed by atoms with E-state index >= 15 is 0 Å². The van der Waals surface area contributed by atoms with E-state index in [0.717, 1.165) is 28.8 Å². The first kappa shape index (κ1) is 31.8. The Labute approximate surface area is 249 Å². The van der Waals surface area contributed by atoms with E-state index in [1.165, 1.54) is 0 Å². The highest BCUT2D eigenvalue weighted by molar-refractivity contribution is 5.96. The van der Waals surface area contributed by atoms with Crippen molar-refractivity contribution < 1.29 is 29.3 Å². The van der Waals surface area contributed by atoms with Gasteiger partial charge in [-0.25, -0.2) is 4.79 Å². The highest BCUT2D eigenvalue weighted by Crippen LogP contribution is 2.32. The van der Waals surface area contributed by atoms with Gasteiger partial charge in [-0.05, 0) is 68.8 Å². The molecule has 9 heteroatoms. The lowest BCUT2D eigenvalue weighted by Gasteiger charge is -2.43. The summed E-state index contributed by atoms with van der Waals surface area (Å²) in [5, 5.41) is 20.7. The Morgan fingerprint density at radius 1 is 1.10 bits per heavy atom. The minimum Gasteiger partial charge on any atom is -0.465 e. The number of nitrogens with zero attached hydrogens (tertiary/aromatic N) is 3. The molecule has 1 aromatic rings. The van der Waals surface area contributed by atoms with Gasteiger partial charge in [-0.15, -0.1) is 0 Å². The Hall–Kier alpha value is -3.17. The summed E-state index contributed by atoms with van der Waals surface area (Å²) in [6, 6.07) is 5.81. The van der Waals surface area contributed by atoms with E-state index in [9.17, 15) is 24.6 Å². The first-order valence-electron chi connectivity index (χ1n) is 15.3. The summed E-state index contributed by atoms with van der Waals surface area (Å²) in [6.07, 6.45) is 6.30. The number of likely N-dealkylation sites (N-methyl/N-ethyl adjacent to an activating group) is 1. The van der Waals surface area contributed by atoms with Crippen molar-refractivity contribution in [2.45, 2.75) is 78.0 Å². The topological polar surface area (TPSA) is 111 Å². The van der Waals surface area contributed by atoms with Crippen LogP contribution in [0, 0.1) is 24.7 Å². The number of aryl methyl sites for hydroxylation is 1. The molecular formula is C33H47N3O6. The van der Waals surface area contributed by atoms with Crippen molar-refractivity contribution in [3.05, 3.63) is 47.1 Å². The van der Waals surface area contributed by atoms with E-state index in [4.69, 9.17) is 4.74 Å². The Kier molecular flexibility index (Phi) is 10.5. The van der Waals surface area contributed by atoms with Crippen LogP contribution in [0.15, 0.2) is 35.9 Å². The summed E-state index contributed by atoms with van der Waals surface area (Å²) in [7, 11) is 2.02. The van der Waals surface area contributed by atoms with Gasteiger partial charge in [0.25, 0.3) is 0 Å². The van der Waals surface area contributed by atoms with Crippen LogP contribution in [0.5, 0.6) is 0 Å². The smallest absolute Gasteiger partial charge is 0.407 e. The molecule has 42 heavy (non-hydrogen) atoms. The number of esters is 1. The standard InChI is InChI=1S/C33H47N3O6/c1-21-9-12-26(37)19-31(39)42-32(23(3)10-13-27(21)29-20-34(5)15-16-36(29)33(40)41)24(4)17-25-11-8-22(2)28(18-25)35-14-6-7-30(35)38/h8,10-11,13,17-18,21,23,26-27,29,32,37H,6-7,9,12,14-16,19-20H2,1-5H3,(H,40,41)/b13-10+,24-17+/t21-,23-,26+,27-,29?,32-/m0/s1. The molecular weight excluding hydrogens is 534 g/mol. The number of rotatable bonds is 4. The second kappa shape index (κ2) is 13.9. The maximum absolute atomic E-state index is 12.9. The largest absolute Gasteiger partial charge is 0.465 e. The molecule has 2 N–H and O–H groups in total. The third kappa shape index (κ3) is 7.61. The molecule has 3 heterocycles. The molecule has 1 aromatic carbocycles. The lowest BCUT2D eigenvalue weighted by molar-refractivity contribution is -0.151. The number of aliphatic hydroxyl groups is 1. The first-order valence-corrected chi connectivity index (χ1v) is 15.3. The third-order valence-corrected chi connectivity index (χ3v) is 9.14. The molecule has 230 valence electrons. The molecule has 9 nitrogen and oxygen atoms in total. The van der Waals surface area contributed by atoms with Gasteiger partial charge >= 0.3 is 12.1 Å². The van der Waals surface area contributed by atoms with Crippen LogP contribution in [-0.4, -0.2) is 89.5 Å². The van der Waals surface area contributed by atoms with Crippen molar-refractivity contribution in [2.24, 2.45) is 17.8 Å². The maximum Gasteiger partial charge on any atom is 0.407 e. The van der Waals surface area contributed by atoms with Gasteiger partial charge in [-0.2, -0.15) is 0 Å². The van der Waals surface area contributed by atoms with Crippen molar-refractivity contribution in [1.82, 2.24) is 9.80 Å². The summed E-state index contributed by atoms with van der Waals surface area (Å²) >= 11 is 0. The number of anilines is 1. The van der Waals surface area contributed by atoms with Crippen LogP contribution in [0.1, 0.15) is 64.0 Å². The van der Waals surface area contributed by atoms with Gasteiger partial charge in [0.1, 0.15) is 6.10 Å². The van der Waals surface area contributed by atoms with Crippen LogP contribution in [0.4, 0.5) is 10.5 Å². The van der Waals surface area contributed by atoms with Crippen LogP contribution in [0.3, 0.4) is 0 Å². The molecule has 0 radical (unpaired) electrons. The molecule has 0 aliphatic carbocycles. The number of carbonyl (C=O) groups is 3. The van der Waals surface area contributed by atoms with E-state index in [2.05, 4.69) is 24.0 Å². The number of hydrogen-bond acceptors (Lipinski definition) is 6. The molecule has 0 aromatic heterocycles. The lowest BCUT2D eigenvalue weighted by Crippen LogP contribution is -2.57. The zero-order chi connectivity index (χ0) is 30.6. The van der Waals surface area contributed by atoms with E-state index in [1.807, 2.05) is 57.0 Å². The summed E-state index contributed by atoms with van der Waals surface area (Å²) in [5.41, 5.74) is 3.71. The maximum atomic E-state index is 12.9. The average molecular weight is 582 g/mol. The summed E-state index contributed by atoms with van der Waals surface area (Å²) in [5.74, 6) is -0.456. The Balaban J connectivity index is 1.66. The molecule has 0 bridgehead atoms. The molecule has 0 saturated carbocycles. The predicted octanol–water partition coefficient (Wildman–Crippen LogP) is 4.72. The monoisotopic (exact) mass is 581 g/mol. The molecule has 4 rings (SSSR count). The summed E-state index contributed by atoms with van der Waals surface area (Å²) in [6.45, 7) is 10.5. The van der Waals surface area contributed by atoms with Crippen LogP contribution in [-0.2, 0) is 14.3 Å². The van der Waals surface area contributed by atoms with E-state index in [1.54, 1.807) is 4.90 Å². The van der Waals surface area contributed by atoms with Gasteiger partial charge in [0, 0.05) is 50.1 Å². The minimum atomic E-state index is -0.911. The molecule has 2 amide bonds. The molecule has 1 unspecified atom stereocenters. The zero-order valence-corrected chi connectivity index (χ0v) is 25.7. The van der Waals surface area contributed by atoms with Gasteiger partial charge < -0.3 is 29.6 Å². The molecule has 2 saturated heterocycles. The number of amides is 2. The average Bonchev–Trinajstić information content (AvgIpc) is 3.36. The quantitative estimate of drug-likeness (QED) is 0.391. The van der Waals surface area contributed by atoms with Gasteiger partial charge in [-0.1, -0.05) is 44.2 Å². The van der Waals surface area contributed by atoms with Crippen LogP contribution >= 0.6 is 0 Å². The lowest BCUT2D eigenvalue weighted by atomic mass is 9.80. The number of hydrogen-bond donors (Lipinski definition) is 2. The van der Waals surface area contributed by atoms with Crippen LogP contribution < -0.4 is 4.90 Å². The van der Waals surface area contributed by atoms with Crippen molar-refractivity contribution >= 4 is 29.7 Å². The SMILES string of the molecule is C/C(=C\c1ccc(C)c(N2CCCC2=O)c1)[C@H]1OC(=O)C[C@H](O)CC[C@H](C)[C@@H](C2CN(C)CCN2C(=O)O)/C=C/[C@@H]1C. The summed E-state index contributed by atoms with van der Waals surface area (Å²) in [4.78, 5) is 43.1. The van der Waals surface area contributed by atoms with Crippen molar-refractivity contribution in [3.63, 3.8) is 0 Å². The number of piperazine rings is 1. The number of cyclic esters (lactones) is 1. The molecule has 3 aliphatic heterocycles. The van der Waals surface area contributed by atoms with Crippen LogP contribution in [0.2, 0.25) is 0 Å². The second-order valence-corrected chi connectivity index (χ2v) is 12.5. The molecule has 6 atom stereocenters. The van der Waals surface area contributed by atoms with Gasteiger partial charge in [-0.3, -0.25) is 9.59 Å². The molecule has 3 aliphatic rings.